The first kappa shape index (κ1) is 20.7. The molecule has 0 radical (unpaired) electrons. The van der Waals surface area contributed by atoms with E-state index >= 15 is 0 Å². The van der Waals surface area contributed by atoms with Crippen molar-refractivity contribution in [2.24, 2.45) is 4.99 Å². The van der Waals surface area contributed by atoms with E-state index in [0.29, 0.717) is 27.9 Å². The van der Waals surface area contributed by atoms with Crippen molar-refractivity contribution in [1.82, 2.24) is 4.90 Å². The Hall–Kier alpha value is -3.06. The maximum atomic E-state index is 12.8. The quantitative estimate of drug-likeness (QED) is 0.539. The van der Waals surface area contributed by atoms with E-state index in [0.717, 1.165) is 16.9 Å². The average Bonchev–Trinajstić information content (AvgIpc) is 3.02. The van der Waals surface area contributed by atoms with Crippen LogP contribution in [-0.2, 0) is 9.53 Å². The summed E-state index contributed by atoms with van der Waals surface area (Å²) in [6.07, 6.45) is 1.87. The number of thioether (sulfide) groups is 1. The van der Waals surface area contributed by atoms with Crippen LogP contribution in [0.2, 0.25) is 0 Å². The van der Waals surface area contributed by atoms with Gasteiger partial charge in [0.05, 0.1) is 30.4 Å². The molecule has 150 valence electrons. The maximum Gasteiger partial charge on any atom is 0.337 e. The van der Waals surface area contributed by atoms with E-state index in [1.165, 1.54) is 18.9 Å². The largest absolute Gasteiger partial charge is 0.496 e. The molecule has 2 aromatic rings. The minimum absolute atomic E-state index is 0.0732. The summed E-state index contributed by atoms with van der Waals surface area (Å²) in [4.78, 5) is 31.2. The van der Waals surface area contributed by atoms with Gasteiger partial charge < -0.3 is 9.47 Å². The highest BCUT2D eigenvalue weighted by Gasteiger charge is 2.32. The average molecular weight is 410 g/mol. The number of nitrogens with zero attached hydrogens (tertiary/aromatic N) is 2. The van der Waals surface area contributed by atoms with Crippen molar-refractivity contribution in [3.05, 3.63) is 64.1 Å². The molecular formula is C22H22N2O4S. The summed E-state index contributed by atoms with van der Waals surface area (Å²) in [6.45, 7) is 4.40. The van der Waals surface area contributed by atoms with Gasteiger partial charge >= 0.3 is 5.97 Å². The van der Waals surface area contributed by atoms with E-state index < -0.39 is 5.97 Å². The standard InChI is InChI=1S/C22H22N2O4S/c1-5-24-20(25)19(13-15-6-11-18(27-3)14(2)12-15)29-22(24)23-17-9-7-16(8-10-17)21(26)28-4/h6-13H,5H2,1-4H3. The number of aryl methyl sites for hydroxylation is 1. The Kier molecular flexibility index (Phi) is 6.39. The Bertz CT molecular complexity index is 996. The summed E-state index contributed by atoms with van der Waals surface area (Å²) < 4.78 is 9.99. The molecule has 6 nitrogen and oxygen atoms in total. The number of hydrogen-bond donors (Lipinski definition) is 0. The van der Waals surface area contributed by atoms with Gasteiger partial charge in [-0.05, 0) is 79.2 Å². The summed E-state index contributed by atoms with van der Waals surface area (Å²) >= 11 is 1.34. The zero-order chi connectivity index (χ0) is 21.0. The van der Waals surface area contributed by atoms with Gasteiger partial charge in [-0.1, -0.05) is 6.07 Å². The molecule has 1 aliphatic heterocycles. The molecule has 1 aliphatic rings. The number of carbonyl (C=O) groups is 2. The number of ether oxygens (including phenoxy) is 2. The number of aliphatic imine (C=N–C) groups is 1. The number of esters is 1. The van der Waals surface area contributed by atoms with Crippen LogP contribution in [0.15, 0.2) is 52.4 Å². The van der Waals surface area contributed by atoms with E-state index in [9.17, 15) is 9.59 Å². The van der Waals surface area contributed by atoms with Crippen LogP contribution in [0, 0.1) is 6.92 Å². The molecule has 1 amide bonds. The van der Waals surface area contributed by atoms with Gasteiger partial charge in [-0.15, -0.1) is 0 Å². The Morgan fingerprint density at radius 3 is 2.48 bits per heavy atom. The minimum Gasteiger partial charge on any atom is -0.496 e. The van der Waals surface area contributed by atoms with E-state index in [1.807, 2.05) is 38.1 Å². The number of methoxy groups -OCH3 is 2. The topological polar surface area (TPSA) is 68.2 Å². The molecule has 2 aromatic carbocycles. The zero-order valence-corrected chi connectivity index (χ0v) is 17.6. The maximum absolute atomic E-state index is 12.8. The zero-order valence-electron chi connectivity index (χ0n) is 16.8. The van der Waals surface area contributed by atoms with Crippen LogP contribution >= 0.6 is 11.8 Å². The lowest BCUT2D eigenvalue weighted by Gasteiger charge is -2.12. The van der Waals surface area contributed by atoms with Gasteiger partial charge in [0.1, 0.15) is 5.75 Å². The molecule has 1 heterocycles. The van der Waals surface area contributed by atoms with Crippen molar-refractivity contribution in [1.29, 1.82) is 0 Å². The van der Waals surface area contributed by atoms with Crippen molar-refractivity contribution in [3.8, 4) is 5.75 Å². The molecule has 0 bridgehead atoms. The van der Waals surface area contributed by atoms with Crippen molar-refractivity contribution < 1.29 is 19.1 Å². The Labute approximate surface area is 174 Å². The number of carbonyl (C=O) groups excluding carboxylic acids is 2. The van der Waals surface area contributed by atoms with Crippen LogP contribution < -0.4 is 4.74 Å². The first-order valence-electron chi connectivity index (χ1n) is 9.10. The lowest BCUT2D eigenvalue weighted by atomic mass is 10.1. The highest BCUT2D eigenvalue weighted by Crippen LogP contribution is 2.34. The van der Waals surface area contributed by atoms with Gasteiger partial charge in [-0.2, -0.15) is 0 Å². The van der Waals surface area contributed by atoms with Crippen molar-refractivity contribution in [2.45, 2.75) is 13.8 Å². The number of amides is 1. The second-order valence-electron chi connectivity index (χ2n) is 6.32. The summed E-state index contributed by atoms with van der Waals surface area (Å²) in [5.74, 6) is 0.339. The Morgan fingerprint density at radius 1 is 1.17 bits per heavy atom. The van der Waals surface area contributed by atoms with Crippen LogP contribution in [0.4, 0.5) is 5.69 Å². The van der Waals surface area contributed by atoms with Gasteiger partial charge in [0, 0.05) is 6.54 Å². The number of amidine groups is 1. The molecule has 0 aromatic heterocycles. The van der Waals surface area contributed by atoms with Crippen molar-refractivity contribution in [2.75, 3.05) is 20.8 Å². The van der Waals surface area contributed by atoms with Crippen molar-refractivity contribution >= 4 is 40.6 Å². The lowest BCUT2D eigenvalue weighted by molar-refractivity contribution is -0.122. The molecule has 3 rings (SSSR count). The lowest BCUT2D eigenvalue weighted by Crippen LogP contribution is -2.28. The fraction of sp³-hybridized carbons (Fsp3) is 0.227. The second kappa shape index (κ2) is 8.96. The molecule has 1 fully saturated rings. The van der Waals surface area contributed by atoms with Gasteiger partial charge in [-0.25, -0.2) is 9.79 Å². The molecule has 29 heavy (non-hydrogen) atoms. The highest BCUT2D eigenvalue weighted by molar-refractivity contribution is 8.18. The van der Waals surface area contributed by atoms with Crippen LogP contribution in [-0.4, -0.2) is 42.7 Å². The molecule has 0 N–H and O–H groups in total. The molecule has 1 saturated heterocycles. The highest BCUT2D eigenvalue weighted by atomic mass is 32.2. The normalized spacial score (nSPS) is 16.6. The van der Waals surface area contributed by atoms with E-state index in [2.05, 4.69) is 4.99 Å². The number of rotatable bonds is 5. The molecule has 0 atom stereocenters. The molecule has 0 saturated carbocycles. The third-order valence-corrected chi connectivity index (χ3v) is 5.44. The SMILES string of the molecule is CCN1C(=O)C(=Cc2ccc(OC)c(C)c2)SC1=Nc1ccc(C(=O)OC)cc1. The summed E-state index contributed by atoms with van der Waals surface area (Å²) in [5.41, 5.74) is 3.05. The number of hydrogen-bond acceptors (Lipinski definition) is 6. The Balaban J connectivity index is 1.87. The van der Waals surface area contributed by atoms with E-state index in [-0.39, 0.29) is 5.91 Å². The fourth-order valence-electron chi connectivity index (χ4n) is 2.91. The van der Waals surface area contributed by atoms with Crippen molar-refractivity contribution in [3.63, 3.8) is 0 Å². The molecule has 7 heteroatoms. The monoisotopic (exact) mass is 410 g/mol. The van der Waals surface area contributed by atoms with Gasteiger partial charge in [0.2, 0.25) is 0 Å². The second-order valence-corrected chi connectivity index (χ2v) is 7.33. The number of likely N-dealkylation sites (N-methyl/N-ethyl adjacent to an activating group) is 1. The Morgan fingerprint density at radius 2 is 1.90 bits per heavy atom. The predicted molar refractivity (Wildman–Crippen MR) is 116 cm³/mol. The van der Waals surface area contributed by atoms with Gasteiger partial charge in [0.25, 0.3) is 5.91 Å². The molecule has 0 unspecified atom stereocenters. The molecule has 0 aliphatic carbocycles. The van der Waals surface area contributed by atoms with Gasteiger partial charge in [-0.3, -0.25) is 9.69 Å². The predicted octanol–water partition coefficient (Wildman–Crippen LogP) is 4.41. The van der Waals surface area contributed by atoms with Crippen LogP contribution in [0.5, 0.6) is 5.75 Å². The fourth-order valence-corrected chi connectivity index (χ4v) is 3.98. The summed E-state index contributed by atoms with van der Waals surface area (Å²) in [7, 11) is 2.98. The third kappa shape index (κ3) is 4.51. The van der Waals surface area contributed by atoms with Crippen LogP contribution in [0.25, 0.3) is 6.08 Å². The third-order valence-electron chi connectivity index (χ3n) is 4.43. The van der Waals surface area contributed by atoms with Gasteiger partial charge in [0.15, 0.2) is 5.17 Å². The first-order valence-corrected chi connectivity index (χ1v) is 9.91. The summed E-state index contributed by atoms with van der Waals surface area (Å²) in [5, 5.41) is 0.611. The van der Waals surface area contributed by atoms with Crippen LogP contribution in [0.1, 0.15) is 28.4 Å². The molecular weight excluding hydrogens is 388 g/mol. The number of benzene rings is 2. The summed E-state index contributed by atoms with van der Waals surface area (Å²) in [6, 6.07) is 12.6. The van der Waals surface area contributed by atoms with E-state index in [1.54, 1.807) is 36.3 Å². The van der Waals surface area contributed by atoms with E-state index in [4.69, 9.17) is 9.47 Å². The minimum atomic E-state index is -0.398. The molecule has 0 spiro atoms. The van der Waals surface area contributed by atoms with Crippen LogP contribution in [0.3, 0.4) is 0 Å². The first-order chi connectivity index (χ1) is 14.0. The smallest absolute Gasteiger partial charge is 0.337 e.